The smallest absolute Gasteiger partial charge is 0.264 e. The Morgan fingerprint density at radius 2 is 1.54 bits per heavy atom. The Balaban J connectivity index is 1.55. The fourth-order valence-electron chi connectivity index (χ4n) is 4.29. The maximum Gasteiger partial charge on any atom is 0.264 e. The number of hydrogen-bond acceptors (Lipinski definition) is 4. The van der Waals surface area contributed by atoms with Crippen molar-refractivity contribution in [2.45, 2.75) is 44.3 Å². The third-order valence-electron chi connectivity index (χ3n) is 6.33. The van der Waals surface area contributed by atoms with Gasteiger partial charge in [0.25, 0.3) is 5.91 Å². The monoisotopic (exact) mass is 509 g/mol. The van der Waals surface area contributed by atoms with E-state index >= 15 is 0 Å². The molecule has 0 aromatic heterocycles. The number of hydrogen-bond donors (Lipinski definition) is 1. The van der Waals surface area contributed by atoms with Gasteiger partial charge in [-0.3, -0.25) is 14.5 Å². The van der Waals surface area contributed by atoms with Gasteiger partial charge in [0, 0.05) is 12.2 Å². The quantitative estimate of drug-likeness (QED) is 0.276. The van der Waals surface area contributed by atoms with E-state index in [4.69, 9.17) is 0 Å². The van der Waals surface area contributed by atoms with Crippen LogP contribution in [0.25, 0.3) is 0 Å². The summed E-state index contributed by atoms with van der Waals surface area (Å²) in [5.74, 6) is -0.582. The number of aryl methyl sites for hydroxylation is 1. The van der Waals surface area contributed by atoms with Crippen LogP contribution in [0, 0.1) is 11.3 Å². The van der Waals surface area contributed by atoms with Crippen molar-refractivity contribution in [2.75, 3.05) is 11.4 Å². The summed E-state index contributed by atoms with van der Waals surface area (Å²) in [4.78, 5) is 28.2. The average Bonchev–Trinajstić information content (AvgIpc) is 3.24. The number of nitrogens with one attached hydrogen (secondary N) is 1. The standard InChI is InChI=1S/C31H31N3O2S/c1-2-3-10-24-15-17-25(18-16-24)21-28-30(36)34(26-13-8-5-9-14-26)31(37-28)27(22-32)29(35)33-20-19-23-11-6-4-7-12-23/h4-9,11-18,28H,2-3,10,19-21H2,1H3,(H,33,35)/b31-27-. The molecule has 0 bridgehead atoms. The van der Waals surface area contributed by atoms with Crippen molar-refractivity contribution < 1.29 is 9.59 Å². The SMILES string of the molecule is CCCCc1ccc(CC2S/C(=C(/C#N)C(=O)NCCc3ccccc3)N(c3ccccc3)C2=O)cc1. The van der Waals surface area contributed by atoms with Crippen LogP contribution in [0.3, 0.4) is 0 Å². The van der Waals surface area contributed by atoms with Crippen molar-refractivity contribution in [1.82, 2.24) is 5.32 Å². The summed E-state index contributed by atoms with van der Waals surface area (Å²) in [5, 5.41) is 12.8. The molecule has 3 aromatic rings. The highest BCUT2D eigenvalue weighted by molar-refractivity contribution is 8.05. The molecular weight excluding hydrogens is 478 g/mol. The molecular formula is C31H31N3O2S. The van der Waals surface area contributed by atoms with Crippen LogP contribution in [-0.2, 0) is 28.9 Å². The molecule has 5 nitrogen and oxygen atoms in total. The Bertz CT molecular complexity index is 1280. The van der Waals surface area contributed by atoms with Gasteiger partial charge in [0.15, 0.2) is 0 Å². The molecule has 1 heterocycles. The third-order valence-corrected chi connectivity index (χ3v) is 7.59. The number of carbonyl (C=O) groups is 2. The van der Waals surface area contributed by atoms with Crippen molar-refractivity contribution in [3.05, 3.63) is 112 Å². The molecule has 1 N–H and O–H groups in total. The Labute approximate surface area is 223 Å². The minimum Gasteiger partial charge on any atom is -0.351 e. The summed E-state index contributed by atoms with van der Waals surface area (Å²) in [6.07, 6.45) is 4.54. The van der Waals surface area contributed by atoms with E-state index < -0.39 is 11.2 Å². The summed E-state index contributed by atoms with van der Waals surface area (Å²) < 4.78 is 0. The molecule has 0 radical (unpaired) electrons. The van der Waals surface area contributed by atoms with Crippen LogP contribution in [-0.4, -0.2) is 23.6 Å². The van der Waals surface area contributed by atoms with Crippen LogP contribution in [0.1, 0.15) is 36.5 Å². The lowest BCUT2D eigenvalue weighted by Gasteiger charge is -2.18. The van der Waals surface area contributed by atoms with Crippen LogP contribution >= 0.6 is 11.8 Å². The number of anilines is 1. The topological polar surface area (TPSA) is 73.2 Å². The number of nitrogens with zero attached hydrogens (tertiary/aromatic N) is 2. The summed E-state index contributed by atoms with van der Waals surface area (Å²) in [5.41, 5.74) is 4.07. The van der Waals surface area contributed by atoms with Gasteiger partial charge in [-0.2, -0.15) is 5.26 Å². The fourth-order valence-corrected chi connectivity index (χ4v) is 5.60. The van der Waals surface area contributed by atoms with Crippen LogP contribution in [0.4, 0.5) is 5.69 Å². The minimum atomic E-state index is -0.462. The predicted octanol–water partition coefficient (Wildman–Crippen LogP) is 5.81. The first-order valence-electron chi connectivity index (χ1n) is 12.7. The molecule has 2 amide bonds. The lowest BCUT2D eigenvalue weighted by molar-refractivity contribution is -0.117. The van der Waals surface area contributed by atoms with Crippen LogP contribution in [0.5, 0.6) is 0 Å². The molecule has 4 rings (SSSR count). The van der Waals surface area contributed by atoms with E-state index in [-0.39, 0.29) is 11.5 Å². The molecule has 1 aliphatic rings. The van der Waals surface area contributed by atoms with Crippen LogP contribution in [0.15, 0.2) is 95.5 Å². The molecule has 1 saturated heterocycles. The molecule has 0 saturated carbocycles. The second-order valence-electron chi connectivity index (χ2n) is 9.02. The van der Waals surface area contributed by atoms with Gasteiger partial charge >= 0.3 is 0 Å². The van der Waals surface area contributed by atoms with Gasteiger partial charge in [-0.05, 0) is 54.5 Å². The molecule has 1 unspecified atom stereocenters. The number of para-hydroxylation sites is 1. The second kappa shape index (κ2) is 12.9. The molecule has 3 aromatic carbocycles. The Morgan fingerprint density at radius 3 is 2.19 bits per heavy atom. The van der Waals surface area contributed by atoms with Crippen molar-refractivity contribution in [1.29, 1.82) is 5.26 Å². The lowest BCUT2D eigenvalue weighted by atomic mass is 10.0. The van der Waals surface area contributed by atoms with E-state index in [1.54, 1.807) is 0 Å². The highest BCUT2D eigenvalue weighted by Gasteiger charge is 2.40. The highest BCUT2D eigenvalue weighted by atomic mass is 32.2. The van der Waals surface area contributed by atoms with E-state index in [0.29, 0.717) is 30.1 Å². The maximum atomic E-state index is 13.6. The first kappa shape index (κ1) is 26.2. The van der Waals surface area contributed by atoms with Gasteiger partial charge in [0.2, 0.25) is 5.91 Å². The number of benzene rings is 3. The highest BCUT2D eigenvalue weighted by Crippen LogP contribution is 2.41. The van der Waals surface area contributed by atoms with Gasteiger partial charge in [-0.15, -0.1) is 0 Å². The zero-order valence-electron chi connectivity index (χ0n) is 21.0. The predicted molar refractivity (Wildman–Crippen MR) is 150 cm³/mol. The summed E-state index contributed by atoms with van der Waals surface area (Å²) in [7, 11) is 0. The first-order valence-corrected chi connectivity index (χ1v) is 13.6. The second-order valence-corrected chi connectivity index (χ2v) is 10.2. The summed E-state index contributed by atoms with van der Waals surface area (Å²) >= 11 is 1.30. The lowest BCUT2D eigenvalue weighted by Crippen LogP contribution is -2.32. The van der Waals surface area contributed by atoms with E-state index in [2.05, 4.69) is 42.6 Å². The molecule has 37 heavy (non-hydrogen) atoms. The van der Waals surface area contributed by atoms with E-state index in [1.807, 2.05) is 60.7 Å². The van der Waals surface area contributed by atoms with Gasteiger partial charge < -0.3 is 5.32 Å². The Morgan fingerprint density at radius 1 is 0.919 bits per heavy atom. The van der Waals surface area contributed by atoms with E-state index in [9.17, 15) is 14.9 Å². The molecule has 6 heteroatoms. The number of nitriles is 1. The minimum absolute atomic E-state index is 0.0346. The Kier molecular flexibility index (Phi) is 9.18. The average molecular weight is 510 g/mol. The van der Waals surface area contributed by atoms with Crippen molar-refractivity contribution >= 4 is 29.3 Å². The largest absolute Gasteiger partial charge is 0.351 e. The summed E-state index contributed by atoms with van der Waals surface area (Å²) in [6.45, 7) is 2.58. The number of unbranched alkanes of at least 4 members (excludes halogenated alkanes) is 1. The first-order chi connectivity index (χ1) is 18.1. The molecule has 188 valence electrons. The molecule has 1 atom stereocenters. The zero-order chi connectivity index (χ0) is 26.0. The van der Waals surface area contributed by atoms with Crippen LogP contribution in [0.2, 0.25) is 0 Å². The van der Waals surface area contributed by atoms with Gasteiger partial charge in [-0.1, -0.05) is 97.9 Å². The molecule has 1 fully saturated rings. The van der Waals surface area contributed by atoms with Gasteiger partial charge in [0.1, 0.15) is 16.7 Å². The molecule has 0 spiro atoms. The number of carbonyl (C=O) groups excluding carboxylic acids is 2. The van der Waals surface area contributed by atoms with Crippen molar-refractivity contribution in [3.8, 4) is 6.07 Å². The third kappa shape index (κ3) is 6.69. The van der Waals surface area contributed by atoms with Gasteiger partial charge in [-0.25, -0.2) is 0 Å². The molecule has 0 aliphatic carbocycles. The van der Waals surface area contributed by atoms with E-state index in [1.165, 1.54) is 22.2 Å². The number of thioether (sulfide) groups is 1. The normalized spacial score (nSPS) is 16.4. The summed E-state index contributed by atoms with van der Waals surface area (Å²) in [6, 6.07) is 29.6. The van der Waals surface area contributed by atoms with Crippen molar-refractivity contribution in [2.24, 2.45) is 0 Å². The van der Waals surface area contributed by atoms with Crippen LogP contribution < -0.4 is 10.2 Å². The number of rotatable bonds is 10. The van der Waals surface area contributed by atoms with Crippen molar-refractivity contribution in [3.63, 3.8) is 0 Å². The number of amides is 2. The zero-order valence-corrected chi connectivity index (χ0v) is 21.8. The molecule has 1 aliphatic heterocycles. The fraction of sp³-hybridized carbons (Fsp3) is 0.258. The maximum absolute atomic E-state index is 13.6. The van der Waals surface area contributed by atoms with Gasteiger partial charge in [0.05, 0.1) is 5.25 Å². The van der Waals surface area contributed by atoms with E-state index in [0.717, 1.165) is 30.4 Å². The Hall–Kier alpha value is -3.82.